The minimum absolute atomic E-state index is 0.0623. The van der Waals surface area contributed by atoms with Gasteiger partial charge in [-0.3, -0.25) is 9.69 Å². The van der Waals surface area contributed by atoms with Crippen LogP contribution in [-0.4, -0.2) is 62.7 Å². The maximum absolute atomic E-state index is 12.9. The summed E-state index contributed by atoms with van der Waals surface area (Å²) < 4.78 is 39.0. The van der Waals surface area contributed by atoms with E-state index in [2.05, 4.69) is 33.8 Å². The number of morpholine rings is 1. The summed E-state index contributed by atoms with van der Waals surface area (Å²) in [6.45, 7) is 9.99. The summed E-state index contributed by atoms with van der Waals surface area (Å²) in [7, 11) is -2.39. The summed E-state index contributed by atoms with van der Waals surface area (Å²) in [5, 5.41) is 5.12. The van der Waals surface area contributed by atoms with Crippen molar-refractivity contribution in [1.82, 2.24) is 14.6 Å². The summed E-state index contributed by atoms with van der Waals surface area (Å²) in [4.78, 5) is 19.8. The lowest BCUT2D eigenvalue weighted by Gasteiger charge is -2.34. The van der Waals surface area contributed by atoms with Gasteiger partial charge in [0.15, 0.2) is 5.13 Å². The second kappa shape index (κ2) is 10.9. The molecule has 1 fully saturated rings. The molecule has 0 spiro atoms. The predicted octanol–water partition coefficient (Wildman–Crippen LogP) is 2.70. The van der Waals surface area contributed by atoms with Crippen molar-refractivity contribution in [3.05, 3.63) is 35.3 Å². The zero-order valence-corrected chi connectivity index (χ0v) is 21.2. The highest BCUT2D eigenvalue weighted by Crippen LogP contribution is 2.21. The van der Waals surface area contributed by atoms with Crippen LogP contribution in [-0.2, 0) is 26.1 Å². The second-order valence-electron chi connectivity index (χ2n) is 8.60. The van der Waals surface area contributed by atoms with Gasteiger partial charge in [0, 0.05) is 25.0 Å². The smallest absolute Gasteiger partial charge is 0.244 e. The van der Waals surface area contributed by atoms with Crippen molar-refractivity contribution in [3.63, 3.8) is 0 Å². The number of hydrogen-bond acceptors (Lipinski definition) is 8. The third kappa shape index (κ3) is 6.97. The average Bonchev–Trinajstić information content (AvgIpc) is 3.17. The van der Waals surface area contributed by atoms with E-state index in [9.17, 15) is 13.2 Å². The van der Waals surface area contributed by atoms with Crippen molar-refractivity contribution < 1.29 is 22.7 Å². The van der Waals surface area contributed by atoms with Gasteiger partial charge in [-0.05, 0) is 44.0 Å². The molecule has 182 valence electrons. The molecule has 11 heteroatoms. The maximum atomic E-state index is 12.9. The van der Waals surface area contributed by atoms with Gasteiger partial charge in [-0.2, -0.15) is 4.72 Å². The lowest BCUT2D eigenvalue weighted by atomic mass is 10.1. The molecule has 2 unspecified atom stereocenters. The summed E-state index contributed by atoms with van der Waals surface area (Å²) in [6, 6.07) is 5.05. The van der Waals surface area contributed by atoms with Crippen LogP contribution in [0.2, 0.25) is 0 Å². The molecule has 1 aromatic heterocycles. The first-order chi connectivity index (χ1) is 15.6. The fraction of sp³-hybridized carbons (Fsp3) is 0.545. The number of carbonyl (C=O) groups is 1. The molecule has 2 N–H and O–H groups in total. The minimum Gasteiger partial charge on any atom is -0.497 e. The number of nitrogens with zero attached hydrogens (tertiary/aromatic N) is 2. The van der Waals surface area contributed by atoms with Crippen LogP contribution in [0.25, 0.3) is 0 Å². The number of amides is 1. The molecular weight excluding hydrogens is 464 g/mol. The standard InChI is InChI=1S/C22H32N4O5S2/c1-14(2)20(25-33(28,29)19-8-6-18(30-5)7-9-19)21(27)24-22-23-17(13-32-22)12-26-10-15(3)31-16(4)11-26/h6-9,13-16,20,25H,10-12H2,1-5H3,(H,23,24,27)/t15?,16?,20-/m0/s1. The van der Waals surface area contributed by atoms with Gasteiger partial charge < -0.3 is 14.8 Å². The van der Waals surface area contributed by atoms with Crippen LogP contribution in [0.3, 0.4) is 0 Å². The summed E-state index contributed by atoms with van der Waals surface area (Å²) in [6.07, 6.45) is 0.328. The fourth-order valence-electron chi connectivity index (χ4n) is 3.75. The monoisotopic (exact) mass is 496 g/mol. The van der Waals surface area contributed by atoms with Crippen LogP contribution in [0, 0.1) is 5.92 Å². The molecule has 3 atom stereocenters. The van der Waals surface area contributed by atoms with Gasteiger partial charge in [0.2, 0.25) is 15.9 Å². The normalized spacial score (nSPS) is 20.5. The highest BCUT2D eigenvalue weighted by atomic mass is 32.2. The molecule has 0 radical (unpaired) electrons. The second-order valence-corrected chi connectivity index (χ2v) is 11.2. The molecule has 1 aliphatic heterocycles. The Balaban J connectivity index is 1.64. The first-order valence-electron chi connectivity index (χ1n) is 10.9. The van der Waals surface area contributed by atoms with E-state index in [-0.39, 0.29) is 23.0 Å². The number of carbonyl (C=O) groups excluding carboxylic acids is 1. The Labute approximate surface area is 199 Å². The zero-order chi connectivity index (χ0) is 24.2. The Morgan fingerprint density at radius 1 is 1.24 bits per heavy atom. The van der Waals surface area contributed by atoms with Crippen LogP contribution >= 0.6 is 11.3 Å². The number of benzene rings is 1. The maximum Gasteiger partial charge on any atom is 0.244 e. The minimum atomic E-state index is -3.89. The number of methoxy groups -OCH3 is 1. The predicted molar refractivity (Wildman–Crippen MR) is 128 cm³/mol. The molecule has 0 aliphatic carbocycles. The Morgan fingerprint density at radius 3 is 2.45 bits per heavy atom. The molecular formula is C22H32N4O5S2. The van der Waals surface area contributed by atoms with Crippen molar-refractivity contribution in [1.29, 1.82) is 0 Å². The van der Waals surface area contributed by atoms with Gasteiger partial charge >= 0.3 is 0 Å². The Hall–Kier alpha value is -2.05. The highest BCUT2D eigenvalue weighted by molar-refractivity contribution is 7.89. The lowest BCUT2D eigenvalue weighted by molar-refractivity contribution is -0.118. The quantitative estimate of drug-likeness (QED) is 0.549. The van der Waals surface area contributed by atoms with Crippen molar-refractivity contribution in [3.8, 4) is 5.75 Å². The number of sulfonamides is 1. The number of thiazole rings is 1. The molecule has 1 saturated heterocycles. The van der Waals surface area contributed by atoms with E-state index < -0.39 is 22.0 Å². The molecule has 1 amide bonds. The topological polar surface area (TPSA) is 110 Å². The number of aromatic nitrogens is 1. The van der Waals surface area contributed by atoms with Gasteiger partial charge in [-0.25, -0.2) is 13.4 Å². The fourth-order valence-corrected chi connectivity index (χ4v) is 5.79. The molecule has 0 bridgehead atoms. The van der Waals surface area contributed by atoms with E-state index in [1.807, 2.05) is 5.38 Å². The summed E-state index contributed by atoms with van der Waals surface area (Å²) >= 11 is 1.32. The molecule has 2 heterocycles. The van der Waals surface area contributed by atoms with E-state index in [1.165, 1.54) is 30.6 Å². The largest absolute Gasteiger partial charge is 0.497 e. The van der Waals surface area contributed by atoms with Gasteiger partial charge in [0.25, 0.3) is 0 Å². The van der Waals surface area contributed by atoms with Gasteiger partial charge in [0.05, 0.1) is 29.9 Å². The number of nitrogens with one attached hydrogen (secondary N) is 2. The highest BCUT2D eigenvalue weighted by Gasteiger charge is 2.29. The lowest BCUT2D eigenvalue weighted by Crippen LogP contribution is -2.47. The number of rotatable bonds is 9. The van der Waals surface area contributed by atoms with Crippen LogP contribution in [0.1, 0.15) is 33.4 Å². The third-order valence-electron chi connectivity index (χ3n) is 5.26. The first kappa shape index (κ1) is 25.6. The molecule has 0 saturated carbocycles. The summed E-state index contributed by atoms with van der Waals surface area (Å²) in [5.74, 6) is -0.168. The van der Waals surface area contributed by atoms with Crippen LogP contribution in [0.5, 0.6) is 5.75 Å². The van der Waals surface area contributed by atoms with Gasteiger partial charge in [0.1, 0.15) is 11.8 Å². The Kier molecular flexibility index (Phi) is 8.46. The average molecular weight is 497 g/mol. The van der Waals surface area contributed by atoms with E-state index >= 15 is 0 Å². The van der Waals surface area contributed by atoms with Gasteiger partial charge in [-0.1, -0.05) is 13.8 Å². The molecule has 33 heavy (non-hydrogen) atoms. The number of hydrogen-bond donors (Lipinski definition) is 2. The number of ether oxygens (including phenoxy) is 2. The van der Waals surface area contributed by atoms with Crippen molar-refractivity contribution in [2.75, 3.05) is 25.5 Å². The Bertz CT molecular complexity index is 1030. The zero-order valence-electron chi connectivity index (χ0n) is 19.6. The third-order valence-corrected chi connectivity index (χ3v) is 7.53. The van der Waals surface area contributed by atoms with Gasteiger partial charge in [-0.15, -0.1) is 11.3 Å². The van der Waals surface area contributed by atoms with Crippen LogP contribution < -0.4 is 14.8 Å². The van der Waals surface area contributed by atoms with Crippen molar-refractivity contribution in [2.24, 2.45) is 5.92 Å². The number of anilines is 1. The van der Waals surface area contributed by atoms with Crippen molar-refractivity contribution >= 4 is 32.4 Å². The van der Waals surface area contributed by atoms with E-state index in [4.69, 9.17) is 9.47 Å². The molecule has 1 aliphatic rings. The molecule has 9 nitrogen and oxygen atoms in total. The molecule has 3 rings (SSSR count). The first-order valence-corrected chi connectivity index (χ1v) is 13.2. The van der Waals surface area contributed by atoms with E-state index in [0.717, 1.165) is 18.8 Å². The Morgan fingerprint density at radius 2 is 1.88 bits per heavy atom. The SMILES string of the molecule is COc1ccc(S(=O)(=O)N[C@H](C(=O)Nc2nc(CN3CC(C)OC(C)C3)cs2)C(C)C)cc1. The molecule has 2 aromatic rings. The van der Waals surface area contributed by atoms with E-state index in [1.54, 1.807) is 26.0 Å². The van der Waals surface area contributed by atoms with E-state index in [0.29, 0.717) is 17.4 Å². The van der Waals surface area contributed by atoms with Crippen LogP contribution in [0.4, 0.5) is 5.13 Å². The van der Waals surface area contributed by atoms with Crippen LogP contribution in [0.15, 0.2) is 34.5 Å². The van der Waals surface area contributed by atoms with Crippen molar-refractivity contribution in [2.45, 2.75) is 57.4 Å². The molecule has 1 aromatic carbocycles. The summed E-state index contributed by atoms with van der Waals surface area (Å²) in [5.41, 5.74) is 0.858.